The Morgan fingerprint density at radius 3 is 2.17 bits per heavy atom. The van der Waals surface area contributed by atoms with E-state index in [0.29, 0.717) is 57.8 Å². The molecule has 0 saturated carbocycles. The summed E-state index contributed by atoms with van der Waals surface area (Å²) < 4.78 is 34.5. The predicted octanol–water partition coefficient (Wildman–Crippen LogP) is 7.53. The molecule has 15 heteroatoms. The third-order valence-corrected chi connectivity index (χ3v) is 16.1. The smallest absolute Gasteiger partial charge is 0.309 e. The number of hydrogen-bond donors (Lipinski definition) is 4. The first-order valence-corrected chi connectivity index (χ1v) is 23.9. The highest BCUT2D eigenvalue weighted by Gasteiger charge is 2.63. The van der Waals surface area contributed by atoms with E-state index in [4.69, 9.17) is 23.7 Å². The fourth-order valence-corrected chi connectivity index (χ4v) is 11.6. The number of nitro groups is 1. The van der Waals surface area contributed by atoms with Gasteiger partial charge >= 0.3 is 5.97 Å². The highest BCUT2D eigenvalue weighted by atomic mass is 16.8. The lowest BCUT2D eigenvalue weighted by Crippen LogP contribution is -2.65. The van der Waals surface area contributed by atoms with Crippen LogP contribution in [0, 0.1) is 51.5 Å². The van der Waals surface area contributed by atoms with Gasteiger partial charge < -0.3 is 44.3 Å². The van der Waals surface area contributed by atoms with Crippen molar-refractivity contribution in [2.45, 2.75) is 199 Å². The number of aliphatic hydroxyl groups is 2. The van der Waals surface area contributed by atoms with Crippen molar-refractivity contribution in [2.75, 3.05) is 0 Å². The van der Waals surface area contributed by atoms with Crippen molar-refractivity contribution in [2.24, 2.45) is 41.4 Å². The fourth-order valence-electron chi connectivity index (χ4n) is 11.6. The Morgan fingerprint density at radius 2 is 1.58 bits per heavy atom. The monoisotopic (exact) mass is 899 g/mol. The van der Waals surface area contributed by atoms with Crippen LogP contribution in [0.3, 0.4) is 0 Å². The molecule has 4 fully saturated rings. The molecule has 15 nitrogen and oxygen atoms in total. The second kappa shape index (κ2) is 19.5. The number of benzene rings is 1. The van der Waals surface area contributed by atoms with E-state index in [2.05, 4.69) is 12.2 Å². The summed E-state index contributed by atoms with van der Waals surface area (Å²) >= 11 is 0. The normalized spacial score (nSPS) is 40.0. The van der Waals surface area contributed by atoms with E-state index in [-0.39, 0.29) is 34.8 Å². The number of ether oxygens (including phenoxy) is 5. The third kappa shape index (κ3) is 9.59. The van der Waals surface area contributed by atoms with Crippen LogP contribution in [-0.2, 0) is 33.3 Å². The van der Waals surface area contributed by atoms with Crippen molar-refractivity contribution < 1.29 is 58.3 Å². The van der Waals surface area contributed by atoms with Gasteiger partial charge in [0.2, 0.25) is 0 Å². The van der Waals surface area contributed by atoms with Crippen LogP contribution in [0.2, 0.25) is 0 Å². The van der Waals surface area contributed by atoms with Crippen molar-refractivity contribution in [1.82, 2.24) is 5.32 Å². The third-order valence-electron chi connectivity index (χ3n) is 16.1. The number of carboxylic acid groups (broad SMARTS) is 1. The topological polar surface area (TPSA) is 213 Å². The molecule has 4 N–H and O–H groups in total. The van der Waals surface area contributed by atoms with Gasteiger partial charge in [-0.15, -0.1) is 0 Å². The first-order chi connectivity index (χ1) is 30.1. The molecule has 64 heavy (non-hydrogen) atoms. The molecular weight excluding hydrogens is 825 g/mol. The highest BCUT2D eigenvalue weighted by molar-refractivity contribution is 5.94. The zero-order valence-electron chi connectivity index (χ0n) is 39.5. The molecule has 1 aromatic carbocycles. The molecule has 0 radical (unpaired) electrons. The van der Waals surface area contributed by atoms with Crippen LogP contribution in [0.25, 0.3) is 0 Å². The number of aliphatic carboxylic acids is 1. The van der Waals surface area contributed by atoms with E-state index in [9.17, 15) is 39.8 Å². The molecule has 0 bridgehead atoms. The molecule has 1 aromatic rings. The number of carboxylic acids is 1. The Hall–Kier alpha value is -3.31. The summed E-state index contributed by atoms with van der Waals surface area (Å²) in [5.41, 5.74) is -1.76. The van der Waals surface area contributed by atoms with Gasteiger partial charge in [0, 0.05) is 47.8 Å². The van der Waals surface area contributed by atoms with E-state index in [1.54, 1.807) is 6.92 Å². The maximum Gasteiger partial charge on any atom is 0.309 e. The van der Waals surface area contributed by atoms with E-state index in [1.165, 1.54) is 24.3 Å². The molecule has 5 aliphatic rings. The van der Waals surface area contributed by atoms with E-state index in [1.807, 2.05) is 67.5 Å². The van der Waals surface area contributed by atoms with Crippen LogP contribution in [0.5, 0.6) is 0 Å². The lowest BCUT2D eigenvalue weighted by molar-refractivity contribution is -0.397. The number of rotatable bonds is 15. The first-order valence-electron chi connectivity index (χ1n) is 23.9. The average Bonchev–Trinajstić information content (AvgIpc) is 3.61. The van der Waals surface area contributed by atoms with Crippen LogP contribution in [0.15, 0.2) is 36.4 Å². The number of amides is 1. The molecule has 0 unspecified atom stereocenters. The molecule has 0 aliphatic carbocycles. The largest absolute Gasteiger partial charge is 0.481 e. The Bertz CT molecular complexity index is 1880. The number of Topliss-reactive ketones (excluding diaryl/α,β-unsaturated/α-hetero) is 1. The number of non-ortho nitro benzene ring substituents is 1. The Kier molecular flexibility index (Phi) is 15.3. The molecule has 2 spiro atoms. The molecule has 6 rings (SSSR count). The molecule has 5 aliphatic heterocycles. The molecule has 18 atom stereocenters. The number of carbonyl (C=O) groups is 3. The first kappa shape index (κ1) is 50.1. The van der Waals surface area contributed by atoms with Gasteiger partial charge in [0.05, 0.1) is 58.7 Å². The van der Waals surface area contributed by atoms with Crippen LogP contribution in [-0.4, -0.2) is 103 Å². The van der Waals surface area contributed by atoms with Crippen molar-refractivity contribution in [1.29, 1.82) is 0 Å². The van der Waals surface area contributed by atoms with Crippen molar-refractivity contribution in [3.8, 4) is 0 Å². The number of aliphatic hydroxyl groups excluding tert-OH is 1. The zero-order chi connectivity index (χ0) is 47.1. The summed E-state index contributed by atoms with van der Waals surface area (Å²) in [6, 6.07) is 4.55. The van der Waals surface area contributed by atoms with Crippen LogP contribution in [0.1, 0.15) is 144 Å². The second-order valence-electron chi connectivity index (χ2n) is 20.2. The Morgan fingerprint density at radius 1 is 0.906 bits per heavy atom. The minimum atomic E-state index is -1.46. The number of carbonyl (C=O) groups excluding carboxylic acids is 2. The quantitative estimate of drug-likeness (QED) is 0.0762. The van der Waals surface area contributed by atoms with E-state index >= 15 is 0 Å². The van der Waals surface area contributed by atoms with Gasteiger partial charge in [-0.05, 0) is 102 Å². The minimum Gasteiger partial charge on any atom is -0.481 e. The summed E-state index contributed by atoms with van der Waals surface area (Å²) in [4.78, 5) is 51.4. The summed E-state index contributed by atoms with van der Waals surface area (Å²) in [6.45, 7) is 19.4. The average molecular weight is 899 g/mol. The highest BCUT2D eigenvalue weighted by Crippen LogP contribution is 2.54. The molecule has 1 amide bonds. The van der Waals surface area contributed by atoms with Gasteiger partial charge in [-0.1, -0.05) is 61.5 Å². The van der Waals surface area contributed by atoms with Crippen LogP contribution in [0.4, 0.5) is 5.69 Å². The number of nitrogens with one attached hydrogen (secondary N) is 1. The van der Waals surface area contributed by atoms with Gasteiger partial charge in [-0.25, -0.2) is 0 Å². The van der Waals surface area contributed by atoms with Gasteiger partial charge in [0.15, 0.2) is 11.6 Å². The maximum absolute atomic E-state index is 14.7. The summed E-state index contributed by atoms with van der Waals surface area (Å²) in [5.74, 6) is -7.04. The summed E-state index contributed by atoms with van der Waals surface area (Å²) in [7, 11) is 0. The molecule has 358 valence electrons. The minimum absolute atomic E-state index is 0.0668. The molecular formula is C49H74N2O13. The molecule has 0 aromatic heterocycles. The van der Waals surface area contributed by atoms with Crippen molar-refractivity contribution in [3.63, 3.8) is 0 Å². The van der Waals surface area contributed by atoms with Crippen molar-refractivity contribution in [3.05, 3.63) is 52.1 Å². The van der Waals surface area contributed by atoms with E-state index < -0.39 is 106 Å². The predicted molar refractivity (Wildman–Crippen MR) is 237 cm³/mol. The van der Waals surface area contributed by atoms with Gasteiger partial charge in [0.25, 0.3) is 11.6 Å². The SMILES string of the molecule is CC[C@@H](C(=O)[C@@H](C)[C@@H](O)[C@H](C)[C@@H]1O[C@@H]([C@@H](CC)C(=O)O)CC[C@@H]1C)[C@H]1O[C@]2(C=C[C@H](NC(=O)c3ccc([N+](=O)[O-])cc3)[C@]3(CC[C@@](C)([C@H]4CC[C@](O)(CC)[C@H](C)O4)O3)O2)[C@H](C)C[C@@H]1C. The number of hydrogen-bond acceptors (Lipinski definition) is 12. The fraction of sp³-hybridized carbons (Fsp3) is 0.776. The second-order valence-corrected chi connectivity index (χ2v) is 20.2. The van der Waals surface area contributed by atoms with Gasteiger partial charge in [0.1, 0.15) is 11.8 Å². The lowest BCUT2D eigenvalue weighted by atomic mass is 9.72. The van der Waals surface area contributed by atoms with Gasteiger partial charge in [-0.2, -0.15) is 0 Å². The zero-order valence-corrected chi connectivity index (χ0v) is 39.5. The van der Waals surface area contributed by atoms with Crippen LogP contribution < -0.4 is 5.32 Å². The van der Waals surface area contributed by atoms with E-state index in [0.717, 1.165) is 6.42 Å². The molecule has 4 saturated heterocycles. The molecule has 5 heterocycles. The van der Waals surface area contributed by atoms with Gasteiger partial charge in [-0.3, -0.25) is 24.5 Å². The number of ketones is 1. The lowest BCUT2D eigenvalue weighted by Gasteiger charge is -2.55. The standard InChI is InChI=1S/C49H74N2O13/c1-11-35(45(55)56)37-19-14-27(4)42(61-37)31(8)40(52)30(7)41(53)36(12-2)43-28(5)26-29(6)48(62-43)23-20-38(50-44(54)33-15-17-34(18-16-33)51(58)59)49(64-48)25-24-46(10,63-49)39-21-22-47(57,13-3)32(9)60-39/h15-18,20,23,27-32,35-40,42-43,52,57H,11-14,19,21-22,24-26H2,1-10H3,(H,50,54)(H,55,56)/t27-,28-,29+,30-,31-,32-,35+,36-,37+,38-,39+,40+,42+,43-,46-,47+,48-,49-/m0/s1. The summed E-state index contributed by atoms with van der Waals surface area (Å²) in [5, 5.41) is 47.4. The Labute approximate surface area is 378 Å². The maximum atomic E-state index is 14.7. The van der Waals surface area contributed by atoms with Crippen molar-refractivity contribution >= 4 is 23.3 Å². The summed E-state index contributed by atoms with van der Waals surface area (Å²) in [6.07, 6.45) is 5.64. The van der Waals surface area contributed by atoms with Crippen LogP contribution >= 0.6 is 0 Å². The number of nitro benzene ring substituents is 1. The Balaban J connectivity index is 1.26. The number of nitrogens with zero attached hydrogens (tertiary/aromatic N) is 1.